The number of carbonyl (C=O) groups is 3. The maximum absolute atomic E-state index is 12.1. The highest BCUT2D eigenvalue weighted by Gasteiger charge is 2.14. The molecule has 0 aliphatic rings. The van der Waals surface area contributed by atoms with Crippen LogP contribution in [0.2, 0.25) is 10.0 Å². The van der Waals surface area contributed by atoms with Crippen LogP contribution in [-0.2, 0) is 19.1 Å². The summed E-state index contributed by atoms with van der Waals surface area (Å²) in [5.74, 6) is -1.17. The van der Waals surface area contributed by atoms with Gasteiger partial charge in [-0.1, -0.05) is 23.2 Å². The minimum atomic E-state index is -0.677. The summed E-state index contributed by atoms with van der Waals surface area (Å²) in [5.41, 5.74) is 1.70. The van der Waals surface area contributed by atoms with Gasteiger partial charge in [-0.3, -0.25) is 14.4 Å². The van der Waals surface area contributed by atoms with Crippen LogP contribution in [0.4, 0.5) is 11.4 Å². The van der Waals surface area contributed by atoms with Gasteiger partial charge in [-0.25, -0.2) is 0 Å². The second-order valence-corrected chi connectivity index (χ2v) is 7.88. The summed E-state index contributed by atoms with van der Waals surface area (Å²) < 4.78 is 10.8. The molecule has 30 heavy (non-hydrogen) atoms. The number of aryl methyl sites for hydroxylation is 1. The third kappa shape index (κ3) is 7.19. The van der Waals surface area contributed by atoms with Crippen molar-refractivity contribution in [2.75, 3.05) is 24.4 Å². The van der Waals surface area contributed by atoms with E-state index in [0.29, 0.717) is 31.6 Å². The van der Waals surface area contributed by atoms with E-state index in [1.807, 2.05) is 0 Å². The smallest absolute Gasteiger partial charge is 0.306 e. The Morgan fingerprint density at radius 3 is 2.40 bits per heavy atom. The molecule has 0 atom stereocenters. The predicted octanol–water partition coefficient (Wildman–Crippen LogP) is 4.97. The number of carbonyl (C=O) groups excluding carboxylic acids is 3. The fourth-order valence-corrected chi connectivity index (χ4v) is 3.19. The molecule has 10 heteroatoms. The zero-order chi connectivity index (χ0) is 22.3. The van der Waals surface area contributed by atoms with Gasteiger partial charge in [-0.15, -0.1) is 0 Å². The molecule has 2 aromatic carbocycles. The Morgan fingerprint density at radius 2 is 1.70 bits per heavy atom. The molecule has 0 heterocycles. The van der Waals surface area contributed by atoms with Gasteiger partial charge in [0.2, 0.25) is 5.91 Å². The summed E-state index contributed by atoms with van der Waals surface area (Å²) >= 11 is 15.2. The van der Waals surface area contributed by atoms with Crippen LogP contribution in [-0.4, -0.2) is 31.5 Å². The van der Waals surface area contributed by atoms with Gasteiger partial charge < -0.3 is 20.1 Å². The number of esters is 1. The number of ether oxygens (including phenoxy) is 2. The number of nitrogens with one attached hydrogen (secondary N) is 2. The molecule has 0 saturated heterocycles. The van der Waals surface area contributed by atoms with Crippen molar-refractivity contribution in [3.63, 3.8) is 0 Å². The first-order valence-electron chi connectivity index (χ1n) is 8.74. The summed E-state index contributed by atoms with van der Waals surface area (Å²) in [4.78, 5) is 35.9. The topological polar surface area (TPSA) is 93.7 Å². The largest absolute Gasteiger partial charge is 0.495 e. The van der Waals surface area contributed by atoms with Gasteiger partial charge in [0.05, 0.1) is 24.2 Å². The first kappa shape index (κ1) is 24.0. The summed E-state index contributed by atoms with van der Waals surface area (Å²) in [6.07, 6.45) is -0.317. The highest BCUT2D eigenvalue weighted by molar-refractivity contribution is 9.10. The van der Waals surface area contributed by atoms with Crippen LogP contribution in [0.1, 0.15) is 18.4 Å². The maximum atomic E-state index is 12.1. The van der Waals surface area contributed by atoms with E-state index in [2.05, 4.69) is 26.6 Å². The summed E-state index contributed by atoms with van der Waals surface area (Å²) in [6, 6.07) is 8.14. The molecule has 0 aromatic heterocycles. The minimum absolute atomic E-state index is 0.127. The average Bonchev–Trinajstić information content (AvgIpc) is 2.69. The Morgan fingerprint density at radius 1 is 1.00 bits per heavy atom. The number of benzene rings is 2. The lowest BCUT2D eigenvalue weighted by Crippen LogP contribution is -2.22. The quantitative estimate of drug-likeness (QED) is 0.482. The van der Waals surface area contributed by atoms with Gasteiger partial charge >= 0.3 is 5.97 Å². The number of anilines is 2. The van der Waals surface area contributed by atoms with Gasteiger partial charge in [0.1, 0.15) is 5.75 Å². The van der Waals surface area contributed by atoms with Gasteiger partial charge in [0, 0.05) is 21.6 Å². The lowest BCUT2D eigenvalue weighted by molar-refractivity contribution is -0.147. The molecule has 2 aromatic rings. The van der Waals surface area contributed by atoms with Crippen LogP contribution in [0.15, 0.2) is 34.8 Å². The van der Waals surface area contributed by atoms with E-state index in [0.717, 1.165) is 5.56 Å². The summed E-state index contributed by atoms with van der Waals surface area (Å²) in [6.45, 7) is 1.33. The van der Waals surface area contributed by atoms with Crippen LogP contribution in [0.5, 0.6) is 5.75 Å². The molecule has 0 aliphatic carbocycles. The normalized spacial score (nSPS) is 10.3. The Hall–Kier alpha value is -2.29. The average molecular weight is 518 g/mol. The standard InChI is InChI=1S/C20H19BrCl2N2O5/c1-11-7-13(21)14(23)9-15(11)24-19(27)10-30-20(28)6-5-18(26)25-16-8-12(22)3-4-17(16)29-2/h3-4,7-9H,5-6,10H2,1-2H3,(H,24,27)(H,25,26). The van der Waals surface area contributed by atoms with Crippen molar-refractivity contribution in [1.29, 1.82) is 0 Å². The summed E-state index contributed by atoms with van der Waals surface area (Å²) in [7, 11) is 1.46. The zero-order valence-corrected chi connectivity index (χ0v) is 19.3. The predicted molar refractivity (Wildman–Crippen MR) is 119 cm³/mol. The van der Waals surface area contributed by atoms with Crippen molar-refractivity contribution in [2.45, 2.75) is 19.8 Å². The van der Waals surface area contributed by atoms with E-state index in [4.69, 9.17) is 32.7 Å². The third-order valence-corrected chi connectivity index (χ3v) is 5.33. The van der Waals surface area contributed by atoms with Crippen LogP contribution in [0.25, 0.3) is 0 Å². The maximum Gasteiger partial charge on any atom is 0.306 e. The molecule has 2 amide bonds. The van der Waals surface area contributed by atoms with Crippen molar-refractivity contribution < 1.29 is 23.9 Å². The molecule has 2 N–H and O–H groups in total. The molecule has 0 saturated carbocycles. The fourth-order valence-electron chi connectivity index (χ4n) is 2.39. The van der Waals surface area contributed by atoms with Crippen molar-refractivity contribution in [3.05, 3.63) is 50.4 Å². The number of halogens is 3. The van der Waals surface area contributed by atoms with E-state index in [1.165, 1.54) is 13.2 Å². The number of hydrogen-bond donors (Lipinski definition) is 2. The second kappa shape index (κ2) is 11.2. The van der Waals surface area contributed by atoms with E-state index >= 15 is 0 Å². The Bertz CT molecular complexity index is 968. The lowest BCUT2D eigenvalue weighted by Gasteiger charge is -2.11. The summed E-state index contributed by atoms with van der Waals surface area (Å²) in [5, 5.41) is 6.11. The Balaban J connectivity index is 1.78. The van der Waals surface area contributed by atoms with Crippen molar-refractivity contribution in [1.82, 2.24) is 0 Å². The molecular weight excluding hydrogens is 499 g/mol. The lowest BCUT2D eigenvalue weighted by atomic mass is 10.2. The van der Waals surface area contributed by atoms with Crippen molar-refractivity contribution in [3.8, 4) is 5.75 Å². The molecule has 0 unspecified atom stereocenters. The number of rotatable bonds is 8. The highest BCUT2D eigenvalue weighted by Crippen LogP contribution is 2.29. The van der Waals surface area contributed by atoms with E-state index in [1.54, 1.807) is 31.2 Å². The second-order valence-electron chi connectivity index (χ2n) is 6.18. The van der Waals surface area contributed by atoms with Crippen LogP contribution in [0, 0.1) is 6.92 Å². The number of amides is 2. The molecule has 160 valence electrons. The van der Waals surface area contributed by atoms with Crippen LogP contribution in [0.3, 0.4) is 0 Å². The van der Waals surface area contributed by atoms with E-state index in [-0.39, 0.29) is 12.8 Å². The number of hydrogen-bond acceptors (Lipinski definition) is 5. The van der Waals surface area contributed by atoms with Crippen molar-refractivity contribution >= 4 is 68.3 Å². The number of methoxy groups -OCH3 is 1. The molecule has 0 bridgehead atoms. The Labute approximate surface area is 192 Å². The molecule has 0 aliphatic heterocycles. The highest BCUT2D eigenvalue weighted by atomic mass is 79.9. The molecule has 0 radical (unpaired) electrons. The van der Waals surface area contributed by atoms with E-state index < -0.39 is 24.4 Å². The monoisotopic (exact) mass is 516 g/mol. The van der Waals surface area contributed by atoms with Crippen molar-refractivity contribution in [2.24, 2.45) is 0 Å². The third-order valence-electron chi connectivity index (χ3n) is 3.90. The molecular formula is C20H19BrCl2N2O5. The molecule has 7 nitrogen and oxygen atoms in total. The fraction of sp³-hybridized carbons (Fsp3) is 0.250. The van der Waals surface area contributed by atoms with Crippen LogP contribution >= 0.6 is 39.1 Å². The molecule has 0 spiro atoms. The minimum Gasteiger partial charge on any atom is -0.495 e. The SMILES string of the molecule is COc1ccc(Cl)cc1NC(=O)CCC(=O)OCC(=O)Nc1cc(Cl)c(Br)cc1C. The van der Waals surface area contributed by atoms with Crippen LogP contribution < -0.4 is 15.4 Å². The Kier molecular flexibility index (Phi) is 8.95. The zero-order valence-electron chi connectivity index (χ0n) is 16.2. The molecule has 2 rings (SSSR count). The van der Waals surface area contributed by atoms with Gasteiger partial charge in [-0.05, 0) is 58.7 Å². The first-order valence-corrected chi connectivity index (χ1v) is 10.3. The van der Waals surface area contributed by atoms with Gasteiger partial charge in [-0.2, -0.15) is 0 Å². The van der Waals surface area contributed by atoms with Gasteiger partial charge in [0.25, 0.3) is 5.91 Å². The van der Waals surface area contributed by atoms with E-state index in [9.17, 15) is 14.4 Å². The molecule has 0 fully saturated rings. The first-order chi connectivity index (χ1) is 14.2. The van der Waals surface area contributed by atoms with Gasteiger partial charge in [0.15, 0.2) is 6.61 Å².